The Bertz CT molecular complexity index is 1010. The number of pyridine rings is 1. The minimum Gasteiger partial charge on any atom is -0.493 e. The average molecular weight is 450 g/mol. The molecule has 176 valence electrons. The number of piperidine rings is 1. The van der Waals surface area contributed by atoms with Crippen LogP contribution in [0.3, 0.4) is 0 Å². The van der Waals surface area contributed by atoms with Crippen molar-refractivity contribution in [3.8, 4) is 5.75 Å². The maximum atomic E-state index is 12.2. The number of nitrogens with zero attached hydrogens (tertiary/aromatic N) is 2. The number of nitrogens with one attached hydrogen (secondary N) is 1. The van der Waals surface area contributed by atoms with Gasteiger partial charge in [-0.05, 0) is 87.4 Å². The molecule has 33 heavy (non-hydrogen) atoms. The Kier molecular flexibility index (Phi) is 7.65. The van der Waals surface area contributed by atoms with E-state index in [-0.39, 0.29) is 5.97 Å². The molecule has 1 fully saturated rings. The van der Waals surface area contributed by atoms with E-state index in [1.165, 1.54) is 11.1 Å². The molecule has 2 aliphatic heterocycles. The Morgan fingerprint density at radius 1 is 1.18 bits per heavy atom. The van der Waals surface area contributed by atoms with E-state index in [9.17, 15) is 4.79 Å². The normalized spacial score (nSPS) is 17.2. The molecule has 0 atom stereocenters. The fourth-order valence-corrected chi connectivity index (χ4v) is 4.65. The topological polar surface area (TPSA) is 63.7 Å². The van der Waals surface area contributed by atoms with E-state index >= 15 is 0 Å². The lowest BCUT2D eigenvalue weighted by Crippen LogP contribution is -2.36. The number of fused-ring (bicyclic) bond motifs is 1. The highest BCUT2D eigenvalue weighted by Gasteiger charge is 2.23. The SMILES string of the molecule is CCOC(=O)C(C)=C(C)c1cnccc1N1CCC(COc2ccc3c(c2)CNCC3)CC1. The number of hydrogen-bond acceptors (Lipinski definition) is 6. The van der Waals surface area contributed by atoms with Crippen molar-refractivity contribution in [2.45, 2.75) is 46.6 Å². The van der Waals surface area contributed by atoms with Crippen LogP contribution in [0.2, 0.25) is 0 Å². The fourth-order valence-electron chi connectivity index (χ4n) is 4.65. The number of allylic oxidation sites excluding steroid dienone is 1. The number of hydrogen-bond donors (Lipinski definition) is 1. The second-order valence-electron chi connectivity index (χ2n) is 8.96. The summed E-state index contributed by atoms with van der Waals surface area (Å²) in [4.78, 5) is 18.9. The van der Waals surface area contributed by atoms with Crippen LogP contribution in [0.15, 0.2) is 42.2 Å². The molecule has 0 bridgehead atoms. The van der Waals surface area contributed by atoms with Crippen molar-refractivity contribution in [3.05, 3.63) is 58.9 Å². The van der Waals surface area contributed by atoms with Crippen molar-refractivity contribution in [2.75, 3.05) is 37.7 Å². The molecule has 3 heterocycles. The summed E-state index contributed by atoms with van der Waals surface area (Å²) in [6.07, 6.45) is 6.93. The van der Waals surface area contributed by atoms with Crippen LogP contribution in [-0.2, 0) is 22.5 Å². The minimum atomic E-state index is -0.265. The molecular weight excluding hydrogens is 414 g/mol. The van der Waals surface area contributed by atoms with E-state index in [1.54, 1.807) is 0 Å². The van der Waals surface area contributed by atoms with Gasteiger partial charge in [0.05, 0.1) is 13.2 Å². The molecule has 4 rings (SSSR count). The van der Waals surface area contributed by atoms with Crippen molar-refractivity contribution in [1.29, 1.82) is 0 Å². The van der Waals surface area contributed by atoms with Gasteiger partial charge in [-0.25, -0.2) is 4.79 Å². The maximum absolute atomic E-state index is 12.2. The first-order valence-electron chi connectivity index (χ1n) is 12.1. The number of benzene rings is 1. The summed E-state index contributed by atoms with van der Waals surface area (Å²) >= 11 is 0. The molecule has 1 N–H and O–H groups in total. The van der Waals surface area contributed by atoms with Crippen LogP contribution in [0.4, 0.5) is 5.69 Å². The molecule has 0 unspecified atom stereocenters. The van der Waals surface area contributed by atoms with E-state index in [2.05, 4.69) is 39.5 Å². The Morgan fingerprint density at radius 2 is 2.00 bits per heavy atom. The van der Waals surface area contributed by atoms with Crippen LogP contribution in [0.25, 0.3) is 5.57 Å². The van der Waals surface area contributed by atoms with Gasteiger partial charge in [0.15, 0.2) is 0 Å². The van der Waals surface area contributed by atoms with Crippen molar-refractivity contribution in [2.24, 2.45) is 5.92 Å². The van der Waals surface area contributed by atoms with E-state index in [4.69, 9.17) is 9.47 Å². The zero-order chi connectivity index (χ0) is 23.2. The Labute approximate surface area is 197 Å². The average Bonchev–Trinajstić information content (AvgIpc) is 2.87. The second-order valence-corrected chi connectivity index (χ2v) is 8.96. The largest absolute Gasteiger partial charge is 0.493 e. The zero-order valence-corrected chi connectivity index (χ0v) is 20.0. The number of carbonyl (C=O) groups is 1. The lowest BCUT2D eigenvalue weighted by atomic mass is 9.95. The van der Waals surface area contributed by atoms with Crippen LogP contribution in [0, 0.1) is 5.92 Å². The molecule has 0 radical (unpaired) electrons. The first kappa shape index (κ1) is 23.3. The van der Waals surface area contributed by atoms with Crippen molar-refractivity contribution in [1.82, 2.24) is 10.3 Å². The van der Waals surface area contributed by atoms with Gasteiger partial charge in [-0.15, -0.1) is 0 Å². The van der Waals surface area contributed by atoms with Gasteiger partial charge in [0, 0.05) is 48.9 Å². The third kappa shape index (κ3) is 5.56. The van der Waals surface area contributed by atoms with Gasteiger partial charge in [-0.2, -0.15) is 0 Å². The van der Waals surface area contributed by atoms with Crippen LogP contribution >= 0.6 is 0 Å². The molecular formula is C27H35N3O3. The van der Waals surface area contributed by atoms with Crippen LogP contribution in [0.1, 0.15) is 50.3 Å². The molecule has 0 amide bonds. The van der Waals surface area contributed by atoms with Crippen molar-refractivity contribution < 1.29 is 14.3 Å². The number of ether oxygens (including phenoxy) is 2. The first-order chi connectivity index (χ1) is 16.1. The van der Waals surface area contributed by atoms with Gasteiger partial charge in [0.1, 0.15) is 5.75 Å². The zero-order valence-electron chi connectivity index (χ0n) is 20.0. The number of rotatable bonds is 7. The summed E-state index contributed by atoms with van der Waals surface area (Å²) in [5.74, 6) is 1.25. The first-order valence-corrected chi connectivity index (χ1v) is 12.1. The van der Waals surface area contributed by atoms with E-state index < -0.39 is 0 Å². The van der Waals surface area contributed by atoms with Crippen LogP contribution < -0.4 is 15.0 Å². The summed E-state index contributed by atoms with van der Waals surface area (Å²) in [6.45, 7) is 10.7. The van der Waals surface area contributed by atoms with Gasteiger partial charge in [0.25, 0.3) is 0 Å². The second kappa shape index (κ2) is 10.8. The molecule has 1 aromatic carbocycles. The Morgan fingerprint density at radius 3 is 2.79 bits per heavy atom. The number of carbonyl (C=O) groups excluding carboxylic acids is 1. The maximum Gasteiger partial charge on any atom is 0.333 e. The fraction of sp³-hybridized carbons (Fsp3) is 0.481. The van der Waals surface area contributed by atoms with Gasteiger partial charge in [-0.1, -0.05) is 6.07 Å². The molecule has 2 aromatic rings. The smallest absolute Gasteiger partial charge is 0.333 e. The molecule has 1 aromatic heterocycles. The lowest BCUT2D eigenvalue weighted by Gasteiger charge is -2.34. The van der Waals surface area contributed by atoms with Crippen LogP contribution in [-0.4, -0.2) is 43.8 Å². The van der Waals surface area contributed by atoms with Gasteiger partial charge < -0.3 is 19.7 Å². The third-order valence-electron chi connectivity index (χ3n) is 6.85. The lowest BCUT2D eigenvalue weighted by molar-refractivity contribution is -0.138. The predicted molar refractivity (Wildman–Crippen MR) is 131 cm³/mol. The summed E-state index contributed by atoms with van der Waals surface area (Å²) in [6, 6.07) is 8.58. The number of aromatic nitrogens is 1. The molecule has 6 nitrogen and oxygen atoms in total. The monoisotopic (exact) mass is 449 g/mol. The summed E-state index contributed by atoms with van der Waals surface area (Å²) in [7, 11) is 0. The highest BCUT2D eigenvalue weighted by molar-refractivity contribution is 5.98. The minimum absolute atomic E-state index is 0.265. The number of anilines is 1. The predicted octanol–water partition coefficient (Wildman–Crippen LogP) is 4.38. The van der Waals surface area contributed by atoms with E-state index in [0.717, 1.165) is 74.6 Å². The standard InChI is InChI=1S/C27H35N3O3/c1-4-32-27(31)20(3)19(2)25-17-29-12-8-26(25)30-13-9-21(10-14-30)18-33-24-6-5-22-7-11-28-16-23(22)15-24/h5-6,8,12,15,17,21,28H,4,7,9-11,13-14,16,18H2,1-3H3. The summed E-state index contributed by atoms with van der Waals surface area (Å²) in [5, 5.41) is 3.43. The summed E-state index contributed by atoms with van der Waals surface area (Å²) in [5.41, 5.74) is 6.48. The molecule has 0 saturated carbocycles. The van der Waals surface area contributed by atoms with Gasteiger partial charge in [-0.3, -0.25) is 4.98 Å². The molecule has 6 heteroatoms. The van der Waals surface area contributed by atoms with Crippen molar-refractivity contribution in [3.63, 3.8) is 0 Å². The Balaban J connectivity index is 1.37. The van der Waals surface area contributed by atoms with Crippen LogP contribution in [0.5, 0.6) is 5.75 Å². The van der Waals surface area contributed by atoms with Gasteiger partial charge >= 0.3 is 5.97 Å². The highest BCUT2D eigenvalue weighted by atomic mass is 16.5. The molecule has 1 saturated heterocycles. The van der Waals surface area contributed by atoms with Gasteiger partial charge in [0.2, 0.25) is 0 Å². The van der Waals surface area contributed by atoms with E-state index in [0.29, 0.717) is 18.1 Å². The molecule has 0 spiro atoms. The summed E-state index contributed by atoms with van der Waals surface area (Å²) < 4.78 is 11.4. The number of esters is 1. The molecule has 0 aliphatic carbocycles. The Hall–Kier alpha value is -2.86. The van der Waals surface area contributed by atoms with Crippen molar-refractivity contribution >= 4 is 17.2 Å². The quantitative estimate of drug-likeness (QED) is 0.500. The van der Waals surface area contributed by atoms with E-state index in [1.807, 2.05) is 33.2 Å². The highest BCUT2D eigenvalue weighted by Crippen LogP contribution is 2.32. The third-order valence-corrected chi connectivity index (χ3v) is 6.85. The molecule has 2 aliphatic rings.